The zero-order chi connectivity index (χ0) is 7.56. The minimum absolute atomic E-state index is 0.444. The first-order valence-electron chi connectivity index (χ1n) is 2.69. The van der Waals surface area contributed by atoms with E-state index in [0.717, 1.165) is 22.5 Å². The minimum atomic E-state index is 0.444. The number of hydrogen-bond acceptors (Lipinski definition) is 5. The van der Waals surface area contributed by atoms with E-state index in [4.69, 9.17) is 10.9 Å². The molecule has 0 radical (unpaired) electrons. The highest BCUT2D eigenvalue weighted by molar-refractivity contribution is 7.97. The van der Waals surface area contributed by atoms with Crippen LogP contribution in [0.1, 0.15) is 5.69 Å². The van der Waals surface area contributed by atoms with Crippen LogP contribution in [0.2, 0.25) is 0 Å². The fourth-order valence-electron chi connectivity index (χ4n) is 0.626. The number of rotatable bonds is 1. The highest BCUT2D eigenvalue weighted by Crippen LogP contribution is 2.19. The van der Waals surface area contributed by atoms with Gasteiger partial charge in [-0.3, -0.25) is 5.14 Å². The number of anilines is 1. The summed E-state index contributed by atoms with van der Waals surface area (Å²) in [6.07, 6.45) is 1.42. The van der Waals surface area contributed by atoms with Gasteiger partial charge in [0.15, 0.2) is 0 Å². The van der Waals surface area contributed by atoms with Crippen molar-refractivity contribution in [1.82, 2.24) is 9.97 Å². The lowest BCUT2D eigenvalue weighted by atomic mass is 10.4. The normalized spacial score (nSPS) is 9.80. The van der Waals surface area contributed by atoms with Gasteiger partial charge in [0.2, 0.25) is 0 Å². The number of nitrogens with two attached hydrogens (primary N) is 2. The molecule has 0 bridgehead atoms. The van der Waals surface area contributed by atoms with E-state index in [0.29, 0.717) is 5.82 Å². The van der Waals surface area contributed by atoms with Gasteiger partial charge in [0.05, 0.1) is 10.6 Å². The van der Waals surface area contributed by atoms with Crippen LogP contribution in [0.4, 0.5) is 5.82 Å². The largest absolute Gasteiger partial charge is 0.383 e. The average molecular weight is 156 g/mol. The Morgan fingerprint density at radius 1 is 1.50 bits per heavy atom. The second-order valence-corrected chi connectivity index (χ2v) is 2.44. The zero-order valence-electron chi connectivity index (χ0n) is 5.53. The molecule has 1 aromatic rings. The second-order valence-electron chi connectivity index (χ2n) is 1.79. The standard InChI is InChI=1S/C5H8N4S/c1-3-4(10-7)5(6)9-2-8-3/h2H,7H2,1H3,(H2,6,8,9). The van der Waals surface area contributed by atoms with E-state index in [1.54, 1.807) is 0 Å². The van der Waals surface area contributed by atoms with E-state index >= 15 is 0 Å². The Morgan fingerprint density at radius 3 is 2.60 bits per heavy atom. The Balaban J connectivity index is 3.17. The summed E-state index contributed by atoms with van der Waals surface area (Å²) in [6, 6.07) is 0. The summed E-state index contributed by atoms with van der Waals surface area (Å²) in [5.74, 6) is 0.444. The van der Waals surface area contributed by atoms with E-state index < -0.39 is 0 Å². The van der Waals surface area contributed by atoms with Crippen LogP contribution in [-0.4, -0.2) is 9.97 Å². The maximum atomic E-state index is 5.48. The van der Waals surface area contributed by atoms with Crippen LogP contribution < -0.4 is 10.9 Å². The molecule has 4 N–H and O–H groups in total. The van der Waals surface area contributed by atoms with E-state index in [9.17, 15) is 0 Å². The van der Waals surface area contributed by atoms with Crippen molar-refractivity contribution in [3.63, 3.8) is 0 Å². The Bertz CT molecular complexity index is 217. The number of aryl methyl sites for hydroxylation is 1. The second kappa shape index (κ2) is 2.85. The molecule has 0 aliphatic heterocycles. The summed E-state index contributed by atoms with van der Waals surface area (Å²) >= 11 is 1.07. The lowest BCUT2D eigenvalue weighted by molar-refractivity contribution is 1.04. The van der Waals surface area contributed by atoms with Gasteiger partial charge in [-0.25, -0.2) is 9.97 Å². The quantitative estimate of drug-likeness (QED) is 0.573. The van der Waals surface area contributed by atoms with Gasteiger partial charge in [0.1, 0.15) is 12.1 Å². The fraction of sp³-hybridized carbons (Fsp3) is 0.200. The van der Waals surface area contributed by atoms with Gasteiger partial charge in [-0.1, -0.05) is 0 Å². The monoisotopic (exact) mass is 156 g/mol. The topological polar surface area (TPSA) is 77.8 Å². The lowest BCUT2D eigenvalue weighted by Gasteiger charge is -2.01. The van der Waals surface area contributed by atoms with Crippen molar-refractivity contribution >= 4 is 17.8 Å². The minimum Gasteiger partial charge on any atom is -0.383 e. The molecule has 0 aliphatic carbocycles. The third-order valence-corrected chi connectivity index (χ3v) is 1.87. The van der Waals surface area contributed by atoms with Crippen LogP contribution in [0.15, 0.2) is 11.2 Å². The number of aromatic nitrogens is 2. The first-order chi connectivity index (χ1) is 4.75. The summed E-state index contributed by atoms with van der Waals surface area (Å²) in [4.78, 5) is 8.45. The molecular weight excluding hydrogens is 148 g/mol. The molecule has 5 heteroatoms. The van der Waals surface area contributed by atoms with Crippen LogP contribution in [0.25, 0.3) is 0 Å². The third-order valence-electron chi connectivity index (χ3n) is 1.13. The highest BCUT2D eigenvalue weighted by Gasteiger charge is 2.02. The summed E-state index contributed by atoms with van der Waals surface area (Å²) in [7, 11) is 0. The first-order valence-corrected chi connectivity index (χ1v) is 3.57. The van der Waals surface area contributed by atoms with Gasteiger partial charge in [-0.15, -0.1) is 0 Å². The van der Waals surface area contributed by atoms with Crippen LogP contribution in [-0.2, 0) is 0 Å². The van der Waals surface area contributed by atoms with Gasteiger partial charge >= 0.3 is 0 Å². The van der Waals surface area contributed by atoms with E-state index in [-0.39, 0.29) is 0 Å². The van der Waals surface area contributed by atoms with Gasteiger partial charge in [0, 0.05) is 0 Å². The molecule has 1 rings (SSSR count). The number of nitrogen functional groups attached to an aromatic ring is 1. The predicted octanol–water partition coefficient (Wildman–Crippen LogP) is 0.333. The van der Waals surface area contributed by atoms with Crippen LogP contribution in [0.5, 0.6) is 0 Å². The number of nitrogens with zero attached hydrogens (tertiary/aromatic N) is 2. The molecule has 1 aromatic heterocycles. The smallest absolute Gasteiger partial charge is 0.142 e. The molecule has 0 fully saturated rings. The van der Waals surface area contributed by atoms with Crippen LogP contribution in [0, 0.1) is 6.92 Å². The van der Waals surface area contributed by atoms with Gasteiger partial charge < -0.3 is 5.73 Å². The molecule has 54 valence electrons. The van der Waals surface area contributed by atoms with Gasteiger partial charge in [-0.05, 0) is 18.9 Å². The van der Waals surface area contributed by atoms with Crippen molar-refractivity contribution in [1.29, 1.82) is 0 Å². The third kappa shape index (κ3) is 1.19. The molecular formula is C5H8N4S. The van der Waals surface area contributed by atoms with Crippen LogP contribution in [0.3, 0.4) is 0 Å². The molecule has 1 heterocycles. The molecule has 10 heavy (non-hydrogen) atoms. The summed E-state index contributed by atoms with van der Waals surface area (Å²) < 4.78 is 0. The molecule has 0 atom stereocenters. The maximum absolute atomic E-state index is 5.48. The molecule has 4 nitrogen and oxygen atoms in total. The average Bonchev–Trinajstić information content (AvgIpc) is 1.88. The van der Waals surface area contributed by atoms with E-state index in [1.165, 1.54) is 6.33 Å². The molecule has 0 aromatic carbocycles. The van der Waals surface area contributed by atoms with E-state index in [1.807, 2.05) is 6.92 Å². The van der Waals surface area contributed by atoms with Crippen molar-refractivity contribution < 1.29 is 0 Å². The maximum Gasteiger partial charge on any atom is 0.142 e. The molecule has 0 aliphatic rings. The van der Waals surface area contributed by atoms with Gasteiger partial charge in [-0.2, -0.15) is 0 Å². The zero-order valence-corrected chi connectivity index (χ0v) is 6.35. The molecule has 0 unspecified atom stereocenters. The molecule has 0 saturated carbocycles. The Labute approximate surface area is 63.2 Å². The summed E-state index contributed by atoms with van der Waals surface area (Å²) in [5.41, 5.74) is 6.30. The Hall–Kier alpha value is -0.810. The van der Waals surface area contributed by atoms with E-state index in [2.05, 4.69) is 9.97 Å². The molecule has 0 spiro atoms. The number of hydrogen-bond donors (Lipinski definition) is 2. The molecule has 0 saturated heterocycles. The molecule has 0 amide bonds. The predicted molar refractivity (Wildman–Crippen MR) is 41.2 cm³/mol. The van der Waals surface area contributed by atoms with Crippen molar-refractivity contribution in [2.45, 2.75) is 11.8 Å². The lowest BCUT2D eigenvalue weighted by Crippen LogP contribution is -1.98. The Morgan fingerprint density at radius 2 is 2.20 bits per heavy atom. The first kappa shape index (κ1) is 7.30. The van der Waals surface area contributed by atoms with Crippen molar-refractivity contribution in [2.24, 2.45) is 5.14 Å². The highest BCUT2D eigenvalue weighted by atomic mass is 32.2. The fourth-order valence-corrected chi connectivity index (χ4v) is 1.02. The summed E-state index contributed by atoms with van der Waals surface area (Å²) in [6.45, 7) is 1.84. The van der Waals surface area contributed by atoms with Crippen LogP contribution >= 0.6 is 11.9 Å². The van der Waals surface area contributed by atoms with Gasteiger partial charge in [0.25, 0.3) is 0 Å². The SMILES string of the molecule is Cc1ncnc(N)c1SN. The summed E-state index contributed by atoms with van der Waals surface area (Å²) in [5, 5.41) is 5.31. The van der Waals surface area contributed by atoms with Crippen molar-refractivity contribution in [3.8, 4) is 0 Å². The Kier molecular flexibility index (Phi) is 2.08. The van der Waals surface area contributed by atoms with Crippen molar-refractivity contribution in [2.75, 3.05) is 5.73 Å². The van der Waals surface area contributed by atoms with Crippen molar-refractivity contribution in [3.05, 3.63) is 12.0 Å².